The van der Waals surface area contributed by atoms with Crippen LogP contribution in [-0.2, 0) is 16.2 Å². The van der Waals surface area contributed by atoms with E-state index in [-0.39, 0.29) is 6.42 Å². The van der Waals surface area contributed by atoms with E-state index in [1.54, 1.807) is 18.2 Å². The van der Waals surface area contributed by atoms with Crippen LogP contribution in [0.5, 0.6) is 11.5 Å². The van der Waals surface area contributed by atoms with Gasteiger partial charge in [-0.05, 0) is 80.3 Å². The minimum absolute atomic E-state index is 0.333. The molecule has 35 heavy (non-hydrogen) atoms. The summed E-state index contributed by atoms with van der Waals surface area (Å²) in [7, 11) is 0. The molecule has 2 N–H and O–H groups in total. The van der Waals surface area contributed by atoms with Crippen molar-refractivity contribution in [2.75, 3.05) is 11.9 Å². The molecule has 0 aromatic heterocycles. The first kappa shape index (κ1) is 25.5. The normalized spacial score (nSPS) is 10.7. The summed E-state index contributed by atoms with van der Waals surface area (Å²) >= 11 is 0. The van der Waals surface area contributed by atoms with Gasteiger partial charge in [0, 0.05) is 5.69 Å². The van der Waals surface area contributed by atoms with Crippen molar-refractivity contribution in [3.8, 4) is 11.5 Å². The maximum atomic E-state index is 12.1. The Bertz CT molecular complexity index is 1220. The van der Waals surface area contributed by atoms with Gasteiger partial charge in [0.2, 0.25) is 11.8 Å². The summed E-state index contributed by atoms with van der Waals surface area (Å²) in [6, 6.07) is 19.1. The van der Waals surface area contributed by atoms with Crippen molar-refractivity contribution in [2.24, 2.45) is 5.10 Å². The average molecular weight is 474 g/mol. The van der Waals surface area contributed by atoms with Gasteiger partial charge in [-0.25, -0.2) is 5.43 Å². The number of carbonyl (C=O) groups excluding carboxylic acids is 2. The number of ether oxygens (including phenoxy) is 2. The Morgan fingerprint density at radius 3 is 2.46 bits per heavy atom. The van der Waals surface area contributed by atoms with E-state index >= 15 is 0 Å². The van der Waals surface area contributed by atoms with Gasteiger partial charge >= 0.3 is 0 Å². The van der Waals surface area contributed by atoms with E-state index < -0.39 is 11.8 Å². The predicted molar refractivity (Wildman–Crippen MR) is 138 cm³/mol. The fraction of sp³-hybridized carbons (Fsp3) is 0.250. The Hall–Kier alpha value is -4.13. The van der Waals surface area contributed by atoms with Crippen molar-refractivity contribution >= 4 is 23.7 Å². The molecule has 3 rings (SSSR count). The minimum Gasteiger partial charge on any atom is -0.490 e. The van der Waals surface area contributed by atoms with Crippen molar-refractivity contribution in [1.82, 2.24) is 5.43 Å². The molecule has 7 heteroatoms. The first-order valence-electron chi connectivity index (χ1n) is 11.5. The van der Waals surface area contributed by atoms with Gasteiger partial charge in [0.05, 0.1) is 12.8 Å². The first-order chi connectivity index (χ1) is 16.8. The zero-order valence-electron chi connectivity index (χ0n) is 20.6. The number of nitrogens with one attached hydrogen (secondary N) is 2. The summed E-state index contributed by atoms with van der Waals surface area (Å²) in [6.07, 6.45) is 1.16. The van der Waals surface area contributed by atoms with Crippen molar-refractivity contribution < 1.29 is 19.1 Å². The van der Waals surface area contributed by atoms with Crippen molar-refractivity contribution in [3.63, 3.8) is 0 Å². The van der Waals surface area contributed by atoms with Gasteiger partial charge in [-0.1, -0.05) is 35.9 Å². The maximum absolute atomic E-state index is 12.1. The molecule has 0 bridgehead atoms. The summed E-state index contributed by atoms with van der Waals surface area (Å²) < 4.78 is 11.7. The van der Waals surface area contributed by atoms with Crippen molar-refractivity contribution in [3.05, 3.63) is 88.5 Å². The number of nitrogens with zero attached hydrogens (tertiary/aromatic N) is 1. The Kier molecular flexibility index (Phi) is 9.01. The van der Waals surface area contributed by atoms with Gasteiger partial charge in [-0.3, -0.25) is 9.59 Å². The fourth-order valence-electron chi connectivity index (χ4n) is 3.34. The zero-order valence-corrected chi connectivity index (χ0v) is 20.6. The number of anilines is 1. The molecular formula is C28H31N3O4. The maximum Gasteiger partial charge on any atom is 0.249 e. The smallest absolute Gasteiger partial charge is 0.249 e. The lowest BCUT2D eigenvalue weighted by atomic mass is 10.1. The fourth-order valence-corrected chi connectivity index (χ4v) is 3.34. The molecule has 3 aromatic carbocycles. The summed E-state index contributed by atoms with van der Waals surface area (Å²) in [6.45, 7) is 8.80. The van der Waals surface area contributed by atoms with E-state index in [2.05, 4.69) is 21.9 Å². The van der Waals surface area contributed by atoms with Crippen molar-refractivity contribution in [1.29, 1.82) is 0 Å². The van der Waals surface area contributed by atoms with E-state index in [1.165, 1.54) is 11.8 Å². The van der Waals surface area contributed by atoms with Gasteiger partial charge in [0.1, 0.15) is 13.0 Å². The Labute approximate surface area is 206 Å². The number of rotatable bonds is 10. The standard InChI is InChI=1S/C28H31N3O4/c1-5-34-26-15-22(10-12-25(26)35-18-23-8-6-7-19(2)13-23)17-29-31-28(33)16-27(32)30-24-11-9-20(3)21(4)14-24/h6-15,17H,5,16,18H2,1-4H3,(H,30,32)(H,31,33). The summed E-state index contributed by atoms with van der Waals surface area (Å²) in [5.41, 5.74) is 8.20. The second kappa shape index (κ2) is 12.4. The SMILES string of the molecule is CCOc1cc(C=NNC(=O)CC(=O)Nc2ccc(C)c(C)c2)ccc1OCc1cccc(C)c1. The molecule has 0 aliphatic rings. The number of hydrazone groups is 1. The minimum atomic E-state index is -0.509. The van der Waals surface area contributed by atoms with Crippen LogP contribution < -0.4 is 20.2 Å². The lowest BCUT2D eigenvalue weighted by Gasteiger charge is -2.13. The molecule has 3 aromatic rings. The Balaban J connectivity index is 1.54. The highest BCUT2D eigenvalue weighted by atomic mass is 16.5. The van der Waals surface area contributed by atoms with E-state index in [0.29, 0.717) is 30.4 Å². The predicted octanol–water partition coefficient (Wildman–Crippen LogP) is 5.07. The van der Waals surface area contributed by atoms with E-state index in [1.807, 2.05) is 64.1 Å². The molecule has 0 radical (unpaired) electrons. The van der Waals surface area contributed by atoms with E-state index in [0.717, 1.165) is 22.3 Å². The van der Waals surface area contributed by atoms with Gasteiger partial charge in [-0.15, -0.1) is 0 Å². The van der Waals surface area contributed by atoms with Crippen LogP contribution in [-0.4, -0.2) is 24.6 Å². The monoisotopic (exact) mass is 473 g/mol. The zero-order chi connectivity index (χ0) is 25.2. The Morgan fingerprint density at radius 2 is 1.71 bits per heavy atom. The highest BCUT2D eigenvalue weighted by Crippen LogP contribution is 2.29. The molecule has 0 atom stereocenters. The number of aryl methyl sites for hydroxylation is 3. The number of hydrogen-bond acceptors (Lipinski definition) is 5. The average Bonchev–Trinajstić information content (AvgIpc) is 2.81. The van der Waals surface area contributed by atoms with Crippen LogP contribution >= 0.6 is 0 Å². The second-order valence-corrected chi connectivity index (χ2v) is 8.23. The highest BCUT2D eigenvalue weighted by Gasteiger charge is 2.10. The van der Waals surface area contributed by atoms with Gasteiger partial charge in [-0.2, -0.15) is 5.10 Å². The topological polar surface area (TPSA) is 89.0 Å². The Morgan fingerprint density at radius 1 is 0.886 bits per heavy atom. The van der Waals surface area contributed by atoms with Gasteiger partial charge in [0.25, 0.3) is 0 Å². The molecular weight excluding hydrogens is 442 g/mol. The lowest BCUT2D eigenvalue weighted by molar-refractivity contribution is -0.126. The number of amides is 2. The van der Waals surface area contributed by atoms with Gasteiger partial charge in [0.15, 0.2) is 11.5 Å². The van der Waals surface area contributed by atoms with Crippen LogP contribution in [0.25, 0.3) is 0 Å². The second-order valence-electron chi connectivity index (χ2n) is 8.23. The molecule has 0 spiro atoms. The molecule has 0 fully saturated rings. The molecule has 0 aliphatic heterocycles. The highest BCUT2D eigenvalue weighted by molar-refractivity contribution is 6.03. The molecule has 182 valence electrons. The third-order valence-corrected chi connectivity index (χ3v) is 5.26. The molecule has 0 saturated heterocycles. The quantitative estimate of drug-likeness (QED) is 0.244. The summed E-state index contributed by atoms with van der Waals surface area (Å²) in [4.78, 5) is 24.2. The molecule has 0 aliphatic carbocycles. The van der Waals surface area contributed by atoms with Crippen LogP contribution in [0.1, 0.15) is 41.2 Å². The van der Waals surface area contributed by atoms with Gasteiger partial charge < -0.3 is 14.8 Å². The first-order valence-corrected chi connectivity index (χ1v) is 11.5. The van der Waals surface area contributed by atoms with Crippen LogP contribution in [0.2, 0.25) is 0 Å². The molecule has 7 nitrogen and oxygen atoms in total. The molecule has 0 saturated carbocycles. The molecule has 0 heterocycles. The van der Waals surface area contributed by atoms with Crippen LogP contribution in [0.4, 0.5) is 5.69 Å². The number of hydrogen-bond donors (Lipinski definition) is 2. The third-order valence-electron chi connectivity index (χ3n) is 5.26. The summed E-state index contributed by atoms with van der Waals surface area (Å²) in [5.74, 6) is 0.293. The summed E-state index contributed by atoms with van der Waals surface area (Å²) in [5, 5.41) is 6.68. The van der Waals surface area contributed by atoms with E-state index in [4.69, 9.17) is 9.47 Å². The van der Waals surface area contributed by atoms with Crippen LogP contribution in [0.3, 0.4) is 0 Å². The molecule has 2 amide bonds. The molecule has 0 unspecified atom stereocenters. The van der Waals surface area contributed by atoms with Crippen molar-refractivity contribution in [2.45, 2.75) is 40.7 Å². The van der Waals surface area contributed by atoms with Crippen LogP contribution in [0, 0.1) is 20.8 Å². The van der Waals surface area contributed by atoms with Crippen LogP contribution in [0.15, 0.2) is 65.8 Å². The number of carbonyl (C=O) groups is 2. The lowest BCUT2D eigenvalue weighted by Crippen LogP contribution is -2.24. The third kappa shape index (κ3) is 7.99. The number of benzene rings is 3. The van der Waals surface area contributed by atoms with E-state index in [9.17, 15) is 9.59 Å². The largest absolute Gasteiger partial charge is 0.490 e.